The Morgan fingerprint density at radius 1 is 0.273 bits per heavy atom. The molecule has 19 heteroatoms. The molecule has 0 aliphatic carbocycles. The second-order valence-electron chi connectivity index (χ2n) is 30.2. The molecule has 0 bridgehead atoms. The normalized spacial score (nSPS) is 14.0. The van der Waals surface area contributed by atoms with Gasteiger partial charge in [0, 0.05) is 25.7 Å². The highest BCUT2D eigenvalue weighted by Crippen LogP contribution is 2.45. The molecule has 0 fully saturated rings. The number of rotatable bonds is 78. The van der Waals surface area contributed by atoms with Gasteiger partial charge in [0.25, 0.3) is 0 Å². The first-order chi connectivity index (χ1) is 47.7. The fourth-order valence-corrected chi connectivity index (χ4v) is 13.9. The van der Waals surface area contributed by atoms with Gasteiger partial charge in [-0.15, -0.1) is 0 Å². The maximum absolute atomic E-state index is 13.1. The zero-order valence-electron chi connectivity index (χ0n) is 65.0. The van der Waals surface area contributed by atoms with Crippen LogP contribution in [-0.4, -0.2) is 96.7 Å². The van der Waals surface area contributed by atoms with Gasteiger partial charge in [0.2, 0.25) is 0 Å². The van der Waals surface area contributed by atoms with Crippen LogP contribution >= 0.6 is 15.6 Å². The summed E-state index contributed by atoms with van der Waals surface area (Å²) in [4.78, 5) is 73.0. The molecular weight excluding hydrogens is 1290 g/mol. The summed E-state index contributed by atoms with van der Waals surface area (Å²) in [7, 11) is -9.92. The molecule has 0 aliphatic rings. The summed E-state index contributed by atoms with van der Waals surface area (Å²) in [5, 5.41) is 10.6. The number of unbranched alkanes of at least 4 members (excludes halogenated alkanes) is 46. The molecular formula is C80H156O17P2. The summed E-state index contributed by atoms with van der Waals surface area (Å²) in [5.41, 5.74) is 0. The van der Waals surface area contributed by atoms with Gasteiger partial charge in [-0.25, -0.2) is 9.13 Å². The van der Waals surface area contributed by atoms with E-state index in [1.807, 2.05) is 0 Å². The van der Waals surface area contributed by atoms with Gasteiger partial charge in [-0.05, 0) is 43.4 Å². The number of carbonyl (C=O) groups is 4. The van der Waals surface area contributed by atoms with Crippen molar-refractivity contribution in [2.45, 2.75) is 433 Å². The van der Waals surface area contributed by atoms with Gasteiger partial charge in [-0.3, -0.25) is 37.3 Å². The van der Waals surface area contributed by atoms with Crippen molar-refractivity contribution in [3.63, 3.8) is 0 Å². The third kappa shape index (κ3) is 74.1. The van der Waals surface area contributed by atoms with E-state index in [1.54, 1.807) is 0 Å². The van der Waals surface area contributed by atoms with Crippen molar-refractivity contribution in [2.75, 3.05) is 39.6 Å². The Morgan fingerprint density at radius 3 is 0.687 bits per heavy atom. The highest BCUT2D eigenvalue weighted by Gasteiger charge is 2.30. The quantitative estimate of drug-likeness (QED) is 0.0222. The van der Waals surface area contributed by atoms with Crippen molar-refractivity contribution < 1.29 is 80.2 Å². The zero-order chi connectivity index (χ0) is 73.0. The van der Waals surface area contributed by atoms with Crippen LogP contribution < -0.4 is 0 Å². The standard InChI is InChI=1S/C80H156O17P2/c1-8-9-10-11-12-13-14-15-16-17-18-21-24-27-33-40-47-54-61-77(82)90-67-75(96-79(84)63-56-49-41-34-28-25-22-19-20-23-26-31-37-44-51-58-71(2)3)69-94-98(86,87)92-65-74(81)66-93-99(88,89)95-70-76(68-91-78(83)62-55-48-43-36-39-46-53-60-73(6)7)97-80(85)64-57-50-42-35-30-29-32-38-45-52-59-72(4)5/h71-76,81H,8-70H2,1-7H3,(H,86,87)(H,88,89)/t74-,75-,76-/m1/s1. The number of hydrogen-bond donors (Lipinski definition) is 3. The maximum atomic E-state index is 13.1. The number of aliphatic hydroxyl groups excluding tert-OH is 1. The monoisotopic (exact) mass is 1450 g/mol. The largest absolute Gasteiger partial charge is 0.472 e. The van der Waals surface area contributed by atoms with Gasteiger partial charge in [0.05, 0.1) is 26.4 Å². The van der Waals surface area contributed by atoms with Gasteiger partial charge >= 0.3 is 39.5 Å². The third-order valence-electron chi connectivity index (χ3n) is 18.6. The fraction of sp³-hybridized carbons (Fsp3) is 0.950. The molecule has 0 saturated heterocycles. The molecule has 0 heterocycles. The summed E-state index contributed by atoms with van der Waals surface area (Å²) in [6.45, 7) is 11.9. The SMILES string of the molecule is CCCCCCCCCCCCCCCCCCCCC(=O)OC[C@H](COP(=O)(O)OC[C@@H](O)COP(=O)(O)OC[C@@H](COC(=O)CCCCCCCCCC(C)C)OC(=O)CCCCCCCCCCCCC(C)C)OC(=O)CCCCCCCCCCCCCCCCCC(C)C. The molecule has 588 valence electrons. The van der Waals surface area contributed by atoms with Crippen LogP contribution in [0.25, 0.3) is 0 Å². The van der Waals surface area contributed by atoms with E-state index in [0.717, 1.165) is 108 Å². The Kier molecular flexibility index (Phi) is 69.0. The number of hydrogen-bond acceptors (Lipinski definition) is 15. The molecule has 0 aliphatic heterocycles. The van der Waals surface area contributed by atoms with Crippen molar-refractivity contribution in [3.05, 3.63) is 0 Å². The van der Waals surface area contributed by atoms with Crippen LogP contribution in [0.15, 0.2) is 0 Å². The zero-order valence-corrected chi connectivity index (χ0v) is 66.8. The molecule has 0 amide bonds. The molecule has 99 heavy (non-hydrogen) atoms. The molecule has 17 nitrogen and oxygen atoms in total. The third-order valence-corrected chi connectivity index (χ3v) is 20.5. The summed E-state index contributed by atoms with van der Waals surface area (Å²) in [6.07, 6.45) is 58.4. The topological polar surface area (TPSA) is 237 Å². The first-order valence-electron chi connectivity index (χ1n) is 41.3. The van der Waals surface area contributed by atoms with Crippen LogP contribution in [0.5, 0.6) is 0 Å². The van der Waals surface area contributed by atoms with E-state index < -0.39 is 97.5 Å². The molecule has 5 atom stereocenters. The molecule has 0 aromatic heterocycles. The van der Waals surface area contributed by atoms with E-state index in [1.165, 1.54) is 218 Å². The van der Waals surface area contributed by atoms with Gasteiger partial charge < -0.3 is 33.8 Å². The minimum atomic E-state index is -4.96. The number of esters is 4. The Labute approximate surface area is 607 Å². The van der Waals surface area contributed by atoms with Gasteiger partial charge in [0.1, 0.15) is 19.3 Å². The Bertz CT molecular complexity index is 1920. The maximum Gasteiger partial charge on any atom is 0.472 e. The van der Waals surface area contributed by atoms with Gasteiger partial charge in [0.15, 0.2) is 12.2 Å². The van der Waals surface area contributed by atoms with Crippen molar-refractivity contribution in [3.8, 4) is 0 Å². The van der Waals surface area contributed by atoms with Crippen molar-refractivity contribution in [2.24, 2.45) is 17.8 Å². The Morgan fingerprint density at radius 2 is 0.465 bits per heavy atom. The second-order valence-corrected chi connectivity index (χ2v) is 33.1. The molecule has 0 radical (unpaired) electrons. The molecule has 0 aromatic rings. The Balaban J connectivity index is 5.24. The number of phosphoric ester groups is 2. The first-order valence-corrected chi connectivity index (χ1v) is 44.3. The molecule has 0 saturated carbocycles. The first kappa shape index (κ1) is 97.1. The van der Waals surface area contributed by atoms with Crippen LogP contribution in [0.2, 0.25) is 0 Å². The second kappa shape index (κ2) is 70.4. The minimum absolute atomic E-state index is 0.105. The van der Waals surface area contributed by atoms with Crippen molar-refractivity contribution in [1.29, 1.82) is 0 Å². The summed E-state index contributed by atoms with van der Waals surface area (Å²) >= 11 is 0. The molecule has 0 aromatic carbocycles. The van der Waals surface area contributed by atoms with E-state index in [-0.39, 0.29) is 25.7 Å². The molecule has 0 rings (SSSR count). The van der Waals surface area contributed by atoms with Gasteiger partial charge in [-0.2, -0.15) is 0 Å². The highest BCUT2D eigenvalue weighted by atomic mass is 31.2. The number of phosphoric acid groups is 2. The number of ether oxygens (including phenoxy) is 4. The average Bonchev–Trinajstić information content (AvgIpc) is 1.02. The minimum Gasteiger partial charge on any atom is -0.462 e. The van der Waals surface area contributed by atoms with Crippen LogP contribution in [0.1, 0.15) is 414 Å². The average molecular weight is 1450 g/mol. The predicted octanol–water partition coefficient (Wildman–Crippen LogP) is 23.7. The summed E-state index contributed by atoms with van der Waals surface area (Å²) in [6, 6.07) is 0. The summed E-state index contributed by atoms with van der Waals surface area (Å²) in [5.74, 6) is 0.146. The van der Waals surface area contributed by atoms with Crippen molar-refractivity contribution >= 4 is 39.5 Å². The number of aliphatic hydroxyl groups is 1. The van der Waals surface area contributed by atoms with Crippen LogP contribution in [0.4, 0.5) is 0 Å². The van der Waals surface area contributed by atoms with E-state index in [9.17, 15) is 43.2 Å². The van der Waals surface area contributed by atoms with Crippen molar-refractivity contribution in [1.82, 2.24) is 0 Å². The van der Waals surface area contributed by atoms with Crippen LogP contribution in [0, 0.1) is 17.8 Å². The van der Waals surface area contributed by atoms with Gasteiger partial charge in [-0.1, -0.05) is 363 Å². The lowest BCUT2D eigenvalue weighted by molar-refractivity contribution is -0.161. The lowest BCUT2D eigenvalue weighted by Gasteiger charge is -2.21. The van der Waals surface area contributed by atoms with Crippen LogP contribution in [-0.2, 0) is 65.4 Å². The smallest absolute Gasteiger partial charge is 0.462 e. The summed E-state index contributed by atoms with van der Waals surface area (Å²) < 4.78 is 68.7. The van der Waals surface area contributed by atoms with E-state index in [0.29, 0.717) is 31.6 Å². The lowest BCUT2D eigenvalue weighted by atomic mass is 10.0. The lowest BCUT2D eigenvalue weighted by Crippen LogP contribution is -2.30. The van der Waals surface area contributed by atoms with E-state index >= 15 is 0 Å². The molecule has 2 unspecified atom stereocenters. The van der Waals surface area contributed by atoms with E-state index in [4.69, 9.17) is 37.0 Å². The highest BCUT2D eigenvalue weighted by molar-refractivity contribution is 7.47. The predicted molar refractivity (Wildman–Crippen MR) is 405 cm³/mol. The fourth-order valence-electron chi connectivity index (χ4n) is 12.3. The van der Waals surface area contributed by atoms with E-state index in [2.05, 4.69) is 48.5 Å². The molecule has 0 spiro atoms. The molecule has 3 N–H and O–H groups in total. The van der Waals surface area contributed by atoms with Crippen LogP contribution in [0.3, 0.4) is 0 Å². The Hall–Kier alpha value is -1.94. The number of carbonyl (C=O) groups excluding carboxylic acids is 4.